The standard InChI is InChI=1S/C21H24ClFN2OS/c22-19-7-4-8-20(23)18(19)15-25-12-9-16(10-13-25)21(26)24-11-14-27-17-5-2-1-3-6-17/h1-8,16H,9-15H2,(H,24,26). The molecule has 3 nitrogen and oxygen atoms in total. The molecular weight excluding hydrogens is 383 g/mol. The number of carbonyl (C=O) groups excluding carboxylic acids is 1. The molecule has 2 aromatic rings. The van der Waals surface area contributed by atoms with Gasteiger partial charge >= 0.3 is 0 Å². The highest BCUT2D eigenvalue weighted by Gasteiger charge is 2.25. The van der Waals surface area contributed by atoms with Gasteiger partial charge in [0.15, 0.2) is 0 Å². The van der Waals surface area contributed by atoms with Crippen molar-refractivity contribution < 1.29 is 9.18 Å². The summed E-state index contributed by atoms with van der Waals surface area (Å²) in [6.07, 6.45) is 1.59. The van der Waals surface area contributed by atoms with Gasteiger partial charge < -0.3 is 5.32 Å². The number of amides is 1. The molecule has 0 unspecified atom stereocenters. The fourth-order valence-electron chi connectivity index (χ4n) is 3.26. The Kier molecular flexibility index (Phi) is 7.56. The Morgan fingerprint density at radius 1 is 1.15 bits per heavy atom. The third-order valence-electron chi connectivity index (χ3n) is 4.82. The first-order valence-corrected chi connectivity index (χ1v) is 10.6. The molecule has 1 aliphatic heterocycles. The molecule has 1 aliphatic rings. The zero-order valence-corrected chi connectivity index (χ0v) is 16.7. The normalized spacial score (nSPS) is 15.6. The van der Waals surface area contributed by atoms with Crippen molar-refractivity contribution in [2.75, 3.05) is 25.4 Å². The highest BCUT2D eigenvalue weighted by Crippen LogP contribution is 2.24. The van der Waals surface area contributed by atoms with Crippen molar-refractivity contribution in [3.8, 4) is 0 Å². The van der Waals surface area contributed by atoms with E-state index >= 15 is 0 Å². The van der Waals surface area contributed by atoms with E-state index in [4.69, 9.17) is 11.6 Å². The van der Waals surface area contributed by atoms with Crippen LogP contribution in [0.5, 0.6) is 0 Å². The molecule has 0 atom stereocenters. The lowest BCUT2D eigenvalue weighted by molar-refractivity contribution is -0.126. The number of nitrogens with zero attached hydrogens (tertiary/aromatic N) is 1. The third kappa shape index (κ3) is 5.96. The number of halogens is 2. The smallest absolute Gasteiger partial charge is 0.223 e. The lowest BCUT2D eigenvalue weighted by atomic mass is 9.95. The van der Waals surface area contributed by atoms with Crippen molar-refractivity contribution in [1.82, 2.24) is 10.2 Å². The summed E-state index contributed by atoms with van der Waals surface area (Å²) in [5.74, 6) is 0.769. The summed E-state index contributed by atoms with van der Waals surface area (Å²) in [4.78, 5) is 15.7. The summed E-state index contributed by atoms with van der Waals surface area (Å²) >= 11 is 7.85. The second-order valence-electron chi connectivity index (χ2n) is 6.70. The van der Waals surface area contributed by atoms with Crippen LogP contribution >= 0.6 is 23.4 Å². The van der Waals surface area contributed by atoms with Gasteiger partial charge in [-0.3, -0.25) is 9.69 Å². The van der Waals surface area contributed by atoms with Crippen LogP contribution in [0, 0.1) is 11.7 Å². The molecular formula is C21H24ClFN2OS. The van der Waals surface area contributed by atoms with Gasteiger partial charge in [-0.2, -0.15) is 0 Å². The van der Waals surface area contributed by atoms with Gasteiger partial charge in [-0.25, -0.2) is 4.39 Å². The fraction of sp³-hybridized carbons (Fsp3) is 0.381. The highest BCUT2D eigenvalue weighted by molar-refractivity contribution is 7.99. The zero-order chi connectivity index (χ0) is 19.1. The van der Waals surface area contributed by atoms with Gasteiger partial charge in [0.2, 0.25) is 5.91 Å². The monoisotopic (exact) mass is 406 g/mol. The predicted molar refractivity (Wildman–Crippen MR) is 110 cm³/mol. The van der Waals surface area contributed by atoms with Gasteiger partial charge in [0.05, 0.1) is 0 Å². The topological polar surface area (TPSA) is 32.3 Å². The number of hydrogen-bond donors (Lipinski definition) is 1. The third-order valence-corrected chi connectivity index (χ3v) is 6.18. The van der Waals surface area contributed by atoms with Crippen LogP contribution in [-0.2, 0) is 11.3 Å². The van der Waals surface area contributed by atoms with Crippen molar-refractivity contribution in [2.24, 2.45) is 5.92 Å². The van der Waals surface area contributed by atoms with Crippen LogP contribution in [0.2, 0.25) is 5.02 Å². The summed E-state index contributed by atoms with van der Waals surface area (Å²) in [5, 5.41) is 3.51. The van der Waals surface area contributed by atoms with Crippen LogP contribution < -0.4 is 5.32 Å². The Hall–Kier alpha value is -1.56. The molecule has 3 rings (SSSR count). The average molecular weight is 407 g/mol. The van der Waals surface area contributed by atoms with Crippen LogP contribution in [-0.4, -0.2) is 36.2 Å². The van der Waals surface area contributed by atoms with E-state index in [1.807, 2.05) is 18.2 Å². The quantitative estimate of drug-likeness (QED) is 0.538. The van der Waals surface area contributed by atoms with Crippen molar-refractivity contribution in [3.05, 3.63) is 64.9 Å². The fourth-order valence-corrected chi connectivity index (χ4v) is 4.28. The Bertz CT molecular complexity index is 731. The minimum atomic E-state index is -0.265. The zero-order valence-electron chi connectivity index (χ0n) is 15.2. The van der Waals surface area contributed by atoms with E-state index < -0.39 is 0 Å². The largest absolute Gasteiger partial charge is 0.355 e. The first kappa shape index (κ1) is 20.2. The molecule has 1 fully saturated rings. The second-order valence-corrected chi connectivity index (χ2v) is 8.28. The average Bonchev–Trinajstić information content (AvgIpc) is 2.69. The van der Waals surface area contributed by atoms with Gasteiger partial charge in [-0.15, -0.1) is 11.8 Å². The molecule has 0 radical (unpaired) electrons. The lowest BCUT2D eigenvalue weighted by Crippen LogP contribution is -2.40. The molecule has 27 heavy (non-hydrogen) atoms. The molecule has 6 heteroatoms. The van der Waals surface area contributed by atoms with Crippen LogP contribution in [0.4, 0.5) is 4.39 Å². The van der Waals surface area contributed by atoms with E-state index in [0.29, 0.717) is 23.7 Å². The molecule has 0 bridgehead atoms. The Labute approximate surface area is 169 Å². The Balaban J connectivity index is 1.38. The molecule has 2 aromatic carbocycles. The van der Waals surface area contributed by atoms with Gasteiger partial charge in [-0.05, 0) is 50.2 Å². The summed E-state index contributed by atoms with van der Waals surface area (Å²) in [6, 6.07) is 15.0. The van der Waals surface area contributed by atoms with E-state index in [0.717, 1.165) is 31.7 Å². The number of piperidine rings is 1. The molecule has 0 aromatic heterocycles. The van der Waals surface area contributed by atoms with Gasteiger partial charge in [0, 0.05) is 40.2 Å². The first-order chi connectivity index (χ1) is 13.1. The van der Waals surface area contributed by atoms with E-state index in [9.17, 15) is 9.18 Å². The van der Waals surface area contributed by atoms with Crippen molar-refractivity contribution >= 4 is 29.3 Å². The summed E-state index contributed by atoms with van der Waals surface area (Å²) in [6.45, 7) is 2.72. The second kappa shape index (κ2) is 10.1. The predicted octanol–water partition coefficient (Wildman–Crippen LogP) is 4.60. The maximum Gasteiger partial charge on any atom is 0.223 e. The van der Waals surface area contributed by atoms with Crippen molar-refractivity contribution in [3.63, 3.8) is 0 Å². The van der Waals surface area contributed by atoms with E-state index in [-0.39, 0.29) is 17.6 Å². The number of benzene rings is 2. The molecule has 0 saturated carbocycles. The summed E-state index contributed by atoms with van der Waals surface area (Å²) in [5.41, 5.74) is 0.542. The van der Waals surface area contributed by atoms with E-state index in [1.165, 1.54) is 11.0 Å². The molecule has 1 N–H and O–H groups in total. The molecule has 0 spiro atoms. The Morgan fingerprint density at radius 3 is 2.59 bits per heavy atom. The van der Waals surface area contributed by atoms with Gasteiger partial charge in [0.1, 0.15) is 5.82 Å². The molecule has 1 heterocycles. The minimum Gasteiger partial charge on any atom is -0.355 e. The summed E-state index contributed by atoms with van der Waals surface area (Å²) in [7, 11) is 0. The lowest BCUT2D eigenvalue weighted by Gasteiger charge is -2.31. The van der Waals surface area contributed by atoms with Crippen molar-refractivity contribution in [2.45, 2.75) is 24.3 Å². The number of thioether (sulfide) groups is 1. The van der Waals surface area contributed by atoms with Gasteiger partial charge in [-0.1, -0.05) is 35.9 Å². The Morgan fingerprint density at radius 2 is 1.89 bits per heavy atom. The first-order valence-electron chi connectivity index (χ1n) is 9.24. The summed E-state index contributed by atoms with van der Waals surface area (Å²) < 4.78 is 13.9. The number of likely N-dealkylation sites (tertiary alicyclic amines) is 1. The molecule has 0 aliphatic carbocycles. The van der Waals surface area contributed by atoms with E-state index in [2.05, 4.69) is 22.3 Å². The SMILES string of the molecule is O=C(NCCSc1ccccc1)C1CCN(Cc2c(F)cccc2Cl)CC1. The van der Waals surface area contributed by atoms with Crippen molar-refractivity contribution in [1.29, 1.82) is 0 Å². The highest BCUT2D eigenvalue weighted by atomic mass is 35.5. The minimum absolute atomic E-state index is 0.0408. The number of nitrogens with one attached hydrogen (secondary N) is 1. The number of rotatable bonds is 7. The van der Waals surface area contributed by atoms with E-state index in [1.54, 1.807) is 23.9 Å². The maximum absolute atomic E-state index is 13.9. The maximum atomic E-state index is 13.9. The number of hydrogen-bond acceptors (Lipinski definition) is 3. The van der Waals surface area contributed by atoms with Crippen LogP contribution in [0.1, 0.15) is 18.4 Å². The number of carbonyl (C=O) groups is 1. The van der Waals surface area contributed by atoms with Crippen LogP contribution in [0.25, 0.3) is 0 Å². The van der Waals surface area contributed by atoms with Gasteiger partial charge in [0.25, 0.3) is 0 Å². The molecule has 1 saturated heterocycles. The molecule has 144 valence electrons. The van der Waals surface area contributed by atoms with Crippen LogP contribution in [0.3, 0.4) is 0 Å². The molecule has 1 amide bonds. The van der Waals surface area contributed by atoms with Crippen LogP contribution in [0.15, 0.2) is 53.4 Å².